The molecule has 0 amide bonds. The molecule has 2 rings (SSSR count). The summed E-state index contributed by atoms with van der Waals surface area (Å²) in [5, 5.41) is 3.72. The van der Waals surface area contributed by atoms with Gasteiger partial charge in [-0.3, -0.25) is 0 Å². The first-order valence-electron chi connectivity index (χ1n) is 3.63. The number of nitrogens with zero attached hydrogens (tertiary/aromatic N) is 1. The van der Waals surface area contributed by atoms with Crippen molar-refractivity contribution in [3.05, 3.63) is 40.8 Å². The maximum Gasteiger partial charge on any atom is 0.124 e. The van der Waals surface area contributed by atoms with Crippen LogP contribution in [0, 0.1) is 5.82 Å². The predicted molar refractivity (Wildman–Crippen MR) is 49.6 cm³/mol. The molecule has 0 radical (unpaired) electrons. The van der Waals surface area contributed by atoms with Crippen LogP contribution in [-0.4, -0.2) is 5.16 Å². The smallest absolute Gasteiger partial charge is 0.124 e. The lowest BCUT2D eigenvalue weighted by molar-refractivity contribution is 0.422. The van der Waals surface area contributed by atoms with Gasteiger partial charge in [-0.15, -0.1) is 0 Å². The highest BCUT2D eigenvalue weighted by molar-refractivity contribution is 9.10. The molecule has 0 bridgehead atoms. The molecular weight excluding hydrogens is 237 g/mol. The average molecular weight is 242 g/mol. The van der Waals surface area contributed by atoms with E-state index in [4.69, 9.17) is 0 Å². The number of hydrogen-bond donors (Lipinski definition) is 0. The molecule has 1 aromatic heterocycles. The Morgan fingerprint density at radius 3 is 2.85 bits per heavy atom. The zero-order valence-corrected chi connectivity index (χ0v) is 8.08. The third kappa shape index (κ3) is 1.62. The minimum atomic E-state index is -0.291. The Morgan fingerprint density at radius 2 is 2.15 bits per heavy atom. The summed E-state index contributed by atoms with van der Waals surface area (Å²) in [6.45, 7) is 0. The van der Waals surface area contributed by atoms with Crippen molar-refractivity contribution >= 4 is 15.9 Å². The summed E-state index contributed by atoms with van der Waals surface area (Å²) in [7, 11) is 0. The van der Waals surface area contributed by atoms with Crippen molar-refractivity contribution in [2.45, 2.75) is 0 Å². The molecule has 0 aliphatic rings. The summed E-state index contributed by atoms with van der Waals surface area (Å²) in [5.41, 5.74) is 1.31. The number of aromatic nitrogens is 1. The average Bonchev–Trinajstić information content (AvgIpc) is 2.61. The molecule has 0 fully saturated rings. The quantitative estimate of drug-likeness (QED) is 0.767. The highest BCUT2D eigenvalue weighted by Crippen LogP contribution is 2.27. The van der Waals surface area contributed by atoms with Crippen molar-refractivity contribution in [1.29, 1.82) is 0 Å². The lowest BCUT2D eigenvalue weighted by Crippen LogP contribution is -1.81. The lowest BCUT2D eigenvalue weighted by atomic mass is 10.1. The molecule has 1 heterocycles. The molecule has 1 aromatic carbocycles. The first kappa shape index (κ1) is 8.44. The van der Waals surface area contributed by atoms with E-state index in [9.17, 15) is 4.39 Å². The number of hydrogen-bond acceptors (Lipinski definition) is 2. The van der Waals surface area contributed by atoms with E-state index in [-0.39, 0.29) is 5.82 Å². The Bertz CT molecular complexity index is 414. The third-order valence-corrected chi connectivity index (χ3v) is 2.33. The van der Waals surface area contributed by atoms with Gasteiger partial charge < -0.3 is 4.52 Å². The number of benzene rings is 1. The molecule has 0 aliphatic heterocycles. The van der Waals surface area contributed by atoms with Crippen LogP contribution in [0.5, 0.6) is 0 Å². The fourth-order valence-electron chi connectivity index (χ4n) is 1.05. The minimum Gasteiger partial charge on any atom is -0.364 e. The molecule has 0 spiro atoms. The molecule has 0 aliphatic carbocycles. The van der Waals surface area contributed by atoms with Crippen molar-refractivity contribution in [3.8, 4) is 11.3 Å². The van der Waals surface area contributed by atoms with Crippen molar-refractivity contribution in [3.63, 3.8) is 0 Å². The van der Waals surface area contributed by atoms with Gasteiger partial charge in [0.05, 0.1) is 0 Å². The van der Waals surface area contributed by atoms with E-state index < -0.39 is 0 Å². The van der Waals surface area contributed by atoms with Crippen LogP contribution in [0.25, 0.3) is 11.3 Å². The molecule has 13 heavy (non-hydrogen) atoms. The summed E-state index contributed by atoms with van der Waals surface area (Å²) in [6, 6.07) is 6.11. The van der Waals surface area contributed by atoms with Gasteiger partial charge in [-0.25, -0.2) is 4.39 Å². The van der Waals surface area contributed by atoms with Gasteiger partial charge in [-0.1, -0.05) is 21.1 Å². The molecule has 0 N–H and O–H groups in total. The van der Waals surface area contributed by atoms with Gasteiger partial charge in [-0.05, 0) is 18.2 Å². The van der Waals surface area contributed by atoms with Crippen molar-refractivity contribution in [2.75, 3.05) is 0 Å². The van der Waals surface area contributed by atoms with Crippen LogP contribution in [-0.2, 0) is 0 Å². The molecule has 0 unspecified atom stereocenters. The SMILES string of the molecule is Fc1ccc(Br)c(-c2ccon2)c1. The van der Waals surface area contributed by atoms with Crippen molar-refractivity contribution in [1.82, 2.24) is 5.16 Å². The zero-order chi connectivity index (χ0) is 9.26. The fourth-order valence-corrected chi connectivity index (χ4v) is 1.50. The number of halogens is 2. The van der Waals surface area contributed by atoms with Gasteiger partial charge in [-0.2, -0.15) is 0 Å². The van der Waals surface area contributed by atoms with E-state index in [1.54, 1.807) is 12.1 Å². The molecule has 0 atom stereocenters. The molecular formula is C9H5BrFNO. The second-order valence-corrected chi connectivity index (χ2v) is 3.36. The van der Waals surface area contributed by atoms with Crippen LogP contribution >= 0.6 is 15.9 Å². The second-order valence-electron chi connectivity index (χ2n) is 2.51. The highest BCUT2D eigenvalue weighted by atomic mass is 79.9. The lowest BCUT2D eigenvalue weighted by Gasteiger charge is -1.98. The first-order chi connectivity index (χ1) is 6.27. The number of rotatable bonds is 1. The Balaban J connectivity index is 2.57. The Morgan fingerprint density at radius 1 is 1.31 bits per heavy atom. The molecule has 66 valence electrons. The summed E-state index contributed by atoms with van der Waals surface area (Å²) >= 11 is 3.30. The van der Waals surface area contributed by atoms with E-state index in [0.717, 1.165) is 4.47 Å². The molecule has 2 aromatic rings. The van der Waals surface area contributed by atoms with Gasteiger partial charge in [0.1, 0.15) is 17.8 Å². The fraction of sp³-hybridized carbons (Fsp3) is 0. The highest BCUT2D eigenvalue weighted by Gasteiger charge is 2.06. The monoisotopic (exact) mass is 241 g/mol. The summed E-state index contributed by atoms with van der Waals surface area (Å²) in [6.07, 6.45) is 1.45. The van der Waals surface area contributed by atoms with Crippen LogP contribution in [0.4, 0.5) is 4.39 Å². The van der Waals surface area contributed by atoms with Crippen molar-refractivity contribution < 1.29 is 8.91 Å². The zero-order valence-electron chi connectivity index (χ0n) is 6.50. The molecule has 2 nitrogen and oxygen atoms in total. The van der Waals surface area contributed by atoms with Gasteiger partial charge in [0.25, 0.3) is 0 Å². The molecule has 4 heteroatoms. The van der Waals surface area contributed by atoms with Gasteiger partial charge in [0.15, 0.2) is 0 Å². The van der Waals surface area contributed by atoms with Gasteiger partial charge in [0.2, 0.25) is 0 Å². The van der Waals surface area contributed by atoms with Crippen LogP contribution < -0.4 is 0 Å². The maximum atomic E-state index is 12.9. The van der Waals surface area contributed by atoms with Crippen LogP contribution in [0.3, 0.4) is 0 Å². The Labute approximate surface area is 82.5 Å². The first-order valence-corrected chi connectivity index (χ1v) is 4.42. The van der Waals surface area contributed by atoms with Gasteiger partial charge in [0, 0.05) is 16.1 Å². The molecule has 0 saturated heterocycles. The summed E-state index contributed by atoms with van der Waals surface area (Å²) in [4.78, 5) is 0. The van der Waals surface area contributed by atoms with E-state index >= 15 is 0 Å². The van der Waals surface area contributed by atoms with E-state index in [0.29, 0.717) is 11.3 Å². The normalized spacial score (nSPS) is 10.3. The van der Waals surface area contributed by atoms with Crippen LogP contribution in [0.2, 0.25) is 0 Å². The Hall–Kier alpha value is -1.16. The largest absolute Gasteiger partial charge is 0.364 e. The van der Waals surface area contributed by atoms with E-state index in [1.807, 2.05) is 0 Å². The topological polar surface area (TPSA) is 26.0 Å². The van der Waals surface area contributed by atoms with Crippen LogP contribution in [0.1, 0.15) is 0 Å². The Kier molecular flexibility index (Phi) is 2.14. The second kappa shape index (κ2) is 3.30. The minimum absolute atomic E-state index is 0.291. The maximum absolute atomic E-state index is 12.9. The van der Waals surface area contributed by atoms with E-state index in [1.165, 1.54) is 18.4 Å². The summed E-state index contributed by atoms with van der Waals surface area (Å²) in [5.74, 6) is -0.291. The molecule has 0 saturated carbocycles. The van der Waals surface area contributed by atoms with Gasteiger partial charge >= 0.3 is 0 Å². The van der Waals surface area contributed by atoms with Crippen LogP contribution in [0.15, 0.2) is 39.5 Å². The van der Waals surface area contributed by atoms with E-state index in [2.05, 4.69) is 25.6 Å². The summed E-state index contributed by atoms with van der Waals surface area (Å²) < 4.78 is 18.3. The predicted octanol–water partition coefficient (Wildman–Crippen LogP) is 3.24. The standard InChI is InChI=1S/C9H5BrFNO/c10-8-2-1-6(11)5-7(8)9-3-4-13-12-9/h1-5H. The third-order valence-electron chi connectivity index (χ3n) is 1.64. The van der Waals surface area contributed by atoms with Crippen molar-refractivity contribution in [2.24, 2.45) is 0 Å².